The van der Waals surface area contributed by atoms with Crippen molar-refractivity contribution in [1.82, 2.24) is 4.90 Å². The minimum atomic E-state index is -4.47. The van der Waals surface area contributed by atoms with E-state index < -0.39 is 30.0 Å². The minimum Gasteiger partial charge on any atom is -0.494 e. The number of hydrogen-bond acceptors (Lipinski definition) is 3. The Hall–Kier alpha value is -1.83. The average molecular weight is 348 g/mol. The molecule has 2 rings (SSSR count). The van der Waals surface area contributed by atoms with Crippen LogP contribution in [0.4, 0.5) is 17.6 Å². The number of piperidine rings is 1. The molecule has 0 saturated carbocycles. The van der Waals surface area contributed by atoms with Gasteiger partial charge in [0, 0.05) is 19.0 Å². The second-order valence-electron chi connectivity index (χ2n) is 5.91. The lowest BCUT2D eigenvalue weighted by atomic mass is 9.97. The summed E-state index contributed by atoms with van der Waals surface area (Å²) in [7, 11) is 1.33. The van der Waals surface area contributed by atoms with Crippen LogP contribution in [-0.2, 0) is 11.2 Å². The number of carbonyl (C=O) groups is 1. The molecule has 1 amide bonds. The first-order valence-corrected chi connectivity index (χ1v) is 7.66. The number of hydrogen-bond donors (Lipinski definition) is 1. The third-order valence-corrected chi connectivity index (χ3v) is 4.16. The molecule has 1 heterocycles. The van der Waals surface area contributed by atoms with E-state index in [9.17, 15) is 22.4 Å². The zero-order valence-corrected chi connectivity index (χ0v) is 13.3. The fourth-order valence-electron chi connectivity index (χ4n) is 2.88. The van der Waals surface area contributed by atoms with E-state index in [-0.39, 0.29) is 38.0 Å². The van der Waals surface area contributed by atoms with Crippen molar-refractivity contribution in [3.63, 3.8) is 0 Å². The van der Waals surface area contributed by atoms with Gasteiger partial charge in [-0.05, 0) is 37.0 Å². The number of likely N-dealkylation sites (tertiary alicyclic amines) is 1. The molecule has 1 aromatic rings. The van der Waals surface area contributed by atoms with Gasteiger partial charge in [-0.15, -0.1) is 0 Å². The van der Waals surface area contributed by atoms with Crippen LogP contribution in [0.1, 0.15) is 24.8 Å². The van der Waals surface area contributed by atoms with E-state index in [4.69, 9.17) is 10.5 Å². The Morgan fingerprint density at radius 2 is 2.08 bits per heavy atom. The molecular weight excluding hydrogens is 328 g/mol. The van der Waals surface area contributed by atoms with Gasteiger partial charge in [0.15, 0.2) is 11.6 Å². The van der Waals surface area contributed by atoms with Crippen LogP contribution in [0.3, 0.4) is 0 Å². The summed E-state index contributed by atoms with van der Waals surface area (Å²) >= 11 is 0. The van der Waals surface area contributed by atoms with Crippen LogP contribution in [0.5, 0.6) is 5.75 Å². The molecule has 2 atom stereocenters. The molecule has 2 unspecified atom stereocenters. The van der Waals surface area contributed by atoms with Crippen LogP contribution in [0.2, 0.25) is 0 Å². The highest BCUT2D eigenvalue weighted by atomic mass is 19.4. The number of ether oxygens (including phenoxy) is 1. The van der Waals surface area contributed by atoms with E-state index in [2.05, 4.69) is 0 Å². The summed E-state index contributed by atoms with van der Waals surface area (Å²) in [6.07, 6.45) is -4.41. The van der Waals surface area contributed by atoms with Gasteiger partial charge in [-0.2, -0.15) is 13.2 Å². The molecule has 4 nitrogen and oxygen atoms in total. The predicted octanol–water partition coefficient (Wildman–Crippen LogP) is 2.65. The summed E-state index contributed by atoms with van der Waals surface area (Å²) in [6, 6.07) is 1.97. The number of benzene rings is 1. The normalized spacial score (nSPS) is 21.7. The van der Waals surface area contributed by atoms with Gasteiger partial charge >= 0.3 is 6.18 Å². The number of aryl methyl sites for hydroxylation is 1. The van der Waals surface area contributed by atoms with Gasteiger partial charge in [-0.3, -0.25) is 4.79 Å². The molecule has 1 saturated heterocycles. The fraction of sp³-hybridized carbons (Fsp3) is 0.562. The lowest BCUT2D eigenvalue weighted by Gasteiger charge is -2.39. The van der Waals surface area contributed by atoms with Gasteiger partial charge < -0.3 is 15.4 Å². The highest BCUT2D eigenvalue weighted by molar-refractivity contribution is 5.77. The Morgan fingerprint density at radius 3 is 2.67 bits per heavy atom. The molecule has 0 spiro atoms. The molecule has 1 aliphatic heterocycles. The summed E-state index contributed by atoms with van der Waals surface area (Å²) in [4.78, 5) is 13.0. The largest absolute Gasteiger partial charge is 0.494 e. The topological polar surface area (TPSA) is 55.6 Å². The zero-order chi connectivity index (χ0) is 17.9. The van der Waals surface area contributed by atoms with Gasteiger partial charge in [0.2, 0.25) is 5.91 Å². The first kappa shape index (κ1) is 18.5. The number of carbonyl (C=O) groups excluding carboxylic acids is 1. The molecule has 8 heteroatoms. The summed E-state index contributed by atoms with van der Waals surface area (Å²) in [6.45, 7) is -0.111. The Bertz CT molecular complexity index is 592. The second-order valence-corrected chi connectivity index (χ2v) is 5.91. The standard InChI is InChI=1S/C16H20F4N2O2/c1-24-13-5-2-10(8-12(13)17)3-7-15(23)22-9-11(21)4-6-14(22)16(18,19)20/h2,5,8,11,14H,3-4,6-7,9,21H2,1H3. The number of nitrogens with zero attached hydrogens (tertiary/aromatic N) is 1. The smallest absolute Gasteiger partial charge is 0.408 e. The summed E-state index contributed by atoms with van der Waals surface area (Å²) in [5.74, 6) is -1.12. The molecule has 1 aliphatic rings. The molecule has 0 aromatic heterocycles. The van der Waals surface area contributed by atoms with Gasteiger partial charge in [0.25, 0.3) is 0 Å². The summed E-state index contributed by atoms with van der Waals surface area (Å²) < 4.78 is 57.6. The highest BCUT2D eigenvalue weighted by Crippen LogP contribution is 2.32. The number of halogens is 4. The van der Waals surface area contributed by atoms with Crippen LogP contribution >= 0.6 is 0 Å². The lowest BCUT2D eigenvalue weighted by Crippen LogP contribution is -2.56. The van der Waals surface area contributed by atoms with Gasteiger partial charge in [0.05, 0.1) is 7.11 Å². The van der Waals surface area contributed by atoms with Crippen LogP contribution in [0, 0.1) is 5.82 Å². The van der Waals surface area contributed by atoms with E-state index in [0.717, 1.165) is 4.90 Å². The van der Waals surface area contributed by atoms with Gasteiger partial charge in [0.1, 0.15) is 6.04 Å². The van der Waals surface area contributed by atoms with Crippen LogP contribution < -0.4 is 10.5 Å². The third-order valence-electron chi connectivity index (χ3n) is 4.16. The first-order valence-electron chi connectivity index (χ1n) is 7.66. The van der Waals surface area contributed by atoms with Crippen molar-refractivity contribution >= 4 is 5.91 Å². The van der Waals surface area contributed by atoms with Crippen molar-refractivity contribution < 1.29 is 27.1 Å². The first-order chi connectivity index (χ1) is 11.2. The van der Waals surface area contributed by atoms with Crippen LogP contribution in [-0.4, -0.2) is 42.7 Å². The summed E-state index contributed by atoms with van der Waals surface area (Å²) in [5, 5.41) is 0. The Balaban J connectivity index is 2.03. The third kappa shape index (κ3) is 4.37. The number of methoxy groups -OCH3 is 1. The van der Waals surface area contributed by atoms with Crippen molar-refractivity contribution in [2.75, 3.05) is 13.7 Å². The van der Waals surface area contributed by atoms with E-state index in [0.29, 0.717) is 5.56 Å². The average Bonchev–Trinajstić information content (AvgIpc) is 2.51. The lowest BCUT2D eigenvalue weighted by molar-refractivity contribution is -0.196. The van der Waals surface area contributed by atoms with Crippen LogP contribution in [0.15, 0.2) is 18.2 Å². The molecule has 0 radical (unpaired) electrons. The zero-order valence-electron chi connectivity index (χ0n) is 13.3. The van der Waals surface area contributed by atoms with Gasteiger partial charge in [-0.25, -0.2) is 4.39 Å². The summed E-state index contributed by atoms with van der Waals surface area (Å²) in [5.41, 5.74) is 6.22. The Labute approximate surface area is 137 Å². The molecule has 2 N–H and O–H groups in total. The molecule has 0 bridgehead atoms. The monoisotopic (exact) mass is 348 g/mol. The number of alkyl halides is 3. The van der Waals surface area contributed by atoms with E-state index in [1.54, 1.807) is 6.07 Å². The predicted molar refractivity (Wildman–Crippen MR) is 80.0 cm³/mol. The molecule has 134 valence electrons. The fourth-order valence-corrected chi connectivity index (χ4v) is 2.88. The Kier molecular flexibility index (Phi) is 5.69. The van der Waals surface area contributed by atoms with Crippen molar-refractivity contribution in [3.05, 3.63) is 29.6 Å². The maximum atomic E-state index is 13.6. The molecule has 24 heavy (non-hydrogen) atoms. The van der Waals surface area contributed by atoms with Crippen molar-refractivity contribution in [3.8, 4) is 5.75 Å². The van der Waals surface area contributed by atoms with E-state index in [1.807, 2.05) is 0 Å². The van der Waals surface area contributed by atoms with Crippen molar-refractivity contribution in [2.24, 2.45) is 5.73 Å². The maximum Gasteiger partial charge on any atom is 0.408 e. The van der Waals surface area contributed by atoms with Crippen molar-refractivity contribution in [1.29, 1.82) is 0 Å². The van der Waals surface area contributed by atoms with E-state index >= 15 is 0 Å². The van der Waals surface area contributed by atoms with Crippen LogP contribution in [0.25, 0.3) is 0 Å². The number of amides is 1. The number of rotatable bonds is 4. The second kappa shape index (κ2) is 7.38. The molecule has 0 aliphatic carbocycles. The number of nitrogens with two attached hydrogens (primary N) is 1. The quantitative estimate of drug-likeness (QED) is 0.851. The van der Waals surface area contributed by atoms with Crippen molar-refractivity contribution in [2.45, 2.75) is 43.9 Å². The highest BCUT2D eigenvalue weighted by Gasteiger charge is 2.47. The maximum absolute atomic E-state index is 13.6. The minimum absolute atomic E-state index is 0.0733. The molecule has 1 fully saturated rings. The van der Waals surface area contributed by atoms with Gasteiger partial charge in [-0.1, -0.05) is 6.07 Å². The SMILES string of the molecule is COc1ccc(CCC(=O)N2CC(N)CCC2C(F)(F)F)cc1F. The Morgan fingerprint density at radius 1 is 1.38 bits per heavy atom. The molecular formula is C16H20F4N2O2. The molecule has 1 aromatic carbocycles. The van der Waals surface area contributed by atoms with E-state index in [1.165, 1.54) is 19.2 Å².